The highest BCUT2D eigenvalue weighted by molar-refractivity contribution is 7.08. The minimum absolute atomic E-state index is 0.380. The van der Waals surface area contributed by atoms with Gasteiger partial charge in [-0.2, -0.15) is 21.3 Å². The molecular formula is C26H26N6O4S. The molecule has 11 heteroatoms. The fraction of sp³-hybridized carbons (Fsp3) is 0.192. The summed E-state index contributed by atoms with van der Waals surface area (Å²) in [7, 11) is 4.71. The van der Waals surface area contributed by atoms with Crippen molar-refractivity contribution in [2.24, 2.45) is 0 Å². The minimum atomic E-state index is 0.380. The first kappa shape index (κ1) is 24.2. The van der Waals surface area contributed by atoms with Crippen LogP contribution < -0.4 is 29.6 Å². The second-order valence-electron chi connectivity index (χ2n) is 7.79. The zero-order valence-corrected chi connectivity index (χ0v) is 21.4. The number of hydrogen-bond acceptors (Lipinski definition) is 10. The van der Waals surface area contributed by atoms with E-state index in [0.29, 0.717) is 59.0 Å². The summed E-state index contributed by atoms with van der Waals surface area (Å²) in [6.45, 7) is 0.979. The standard InChI is InChI=1S/C26H26N6O4S/c1-33-20-13-17(14-21(34-2)23(20)35-3)29-26-30-24(27-10-11-36-19-7-5-4-6-8-19)22-25(31-26)32(16-28-22)18-9-12-37-15-18/h4-9,12-16H,10-11H2,1-3H3,(H2,27,29,30,31). The van der Waals surface area contributed by atoms with Gasteiger partial charge in [-0.3, -0.25) is 4.57 Å². The van der Waals surface area contributed by atoms with E-state index < -0.39 is 0 Å². The molecule has 10 nitrogen and oxygen atoms in total. The highest BCUT2D eigenvalue weighted by Gasteiger charge is 2.17. The predicted octanol–water partition coefficient (Wildman–Crippen LogP) is 5.14. The van der Waals surface area contributed by atoms with Crippen molar-refractivity contribution in [2.45, 2.75) is 0 Å². The van der Waals surface area contributed by atoms with Crippen LogP contribution in [0, 0.1) is 0 Å². The fourth-order valence-corrected chi connectivity index (χ4v) is 4.43. The van der Waals surface area contributed by atoms with E-state index >= 15 is 0 Å². The number of nitrogens with zero attached hydrogens (tertiary/aromatic N) is 4. The van der Waals surface area contributed by atoms with Crippen molar-refractivity contribution < 1.29 is 18.9 Å². The Kier molecular flexibility index (Phi) is 7.22. The van der Waals surface area contributed by atoms with Crippen molar-refractivity contribution in [3.63, 3.8) is 0 Å². The molecule has 0 aliphatic carbocycles. The topological polar surface area (TPSA) is 105 Å². The molecule has 0 saturated carbocycles. The molecule has 0 bridgehead atoms. The number of ether oxygens (including phenoxy) is 4. The molecule has 190 valence electrons. The maximum absolute atomic E-state index is 5.82. The monoisotopic (exact) mass is 518 g/mol. The number of thiophene rings is 1. The SMILES string of the molecule is COc1cc(Nc2nc(NCCOc3ccccc3)c3ncn(-c4ccsc4)c3n2)cc(OC)c1OC. The Hall–Kier alpha value is -4.51. The van der Waals surface area contributed by atoms with E-state index in [1.165, 1.54) is 0 Å². The summed E-state index contributed by atoms with van der Waals surface area (Å²) >= 11 is 1.60. The van der Waals surface area contributed by atoms with Crippen LogP contribution in [0.5, 0.6) is 23.0 Å². The number of rotatable bonds is 11. The largest absolute Gasteiger partial charge is 0.493 e. The molecule has 0 unspecified atom stereocenters. The first-order chi connectivity index (χ1) is 18.2. The van der Waals surface area contributed by atoms with Gasteiger partial charge in [0.05, 0.1) is 33.6 Å². The number of hydrogen-bond donors (Lipinski definition) is 2. The highest BCUT2D eigenvalue weighted by atomic mass is 32.1. The summed E-state index contributed by atoms with van der Waals surface area (Å²) in [5.74, 6) is 3.32. The molecule has 0 spiro atoms. The Labute approximate surface area is 217 Å². The Bertz CT molecular complexity index is 1450. The Balaban J connectivity index is 1.46. The number of nitrogens with one attached hydrogen (secondary N) is 2. The van der Waals surface area contributed by atoms with Crippen molar-refractivity contribution in [1.29, 1.82) is 0 Å². The first-order valence-corrected chi connectivity index (χ1v) is 12.4. The van der Waals surface area contributed by atoms with E-state index in [0.717, 1.165) is 11.4 Å². The molecular weight excluding hydrogens is 492 g/mol. The van der Waals surface area contributed by atoms with Crippen LogP contribution in [-0.4, -0.2) is 54.0 Å². The van der Waals surface area contributed by atoms with Crippen LogP contribution in [0.15, 0.2) is 65.6 Å². The van der Waals surface area contributed by atoms with Gasteiger partial charge < -0.3 is 29.6 Å². The van der Waals surface area contributed by atoms with Gasteiger partial charge in [-0.1, -0.05) is 18.2 Å². The third-order valence-corrected chi connectivity index (χ3v) is 6.18. The van der Waals surface area contributed by atoms with Gasteiger partial charge in [-0.15, -0.1) is 0 Å². The number of fused-ring (bicyclic) bond motifs is 1. The van der Waals surface area contributed by atoms with Gasteiger partial charge in [0.25, 0.3) is 0 Å². The number of imidazole rings is 1. The number of anilines is 3. The van der Waals surface area contributed by atoms with Crippen LogP contribution in [0.25, 0.3) is 16.9 Å². The zero-order chi connectivity index (χ0) is 25.6. The molecule has 2 aromatic carbocycles. The van der Waals surface area contributed by atoms with E-state index in [4.69, 9.17) is 28.9 Å². The van der Waals surface area contributed by atoms with Gasteiger partial charge in [-0.05, 0) is 23.6 Å². The number of para-hydroxylation sites is 1. The molecule has 0 atom stereocenters. The molecule has 0 amide bonds. The van der Waals surface area contributed by atoms with Gasteiger partial charge in [0, 0.05) is 23.2 Å². The van der Waals surface area contributed by atoms with Gasteiger partial charge in [0.1, 0.15) is 18.7 Å². The lowest BCUT2D eigenvalue weighted by Gasteiger charge is -2.15. The van der Waals surface area contributed by atoms with Gasteiger partial charge in [-0.25, -0.2) is 4.98 Å². The van der Waals surface area contributed by atoms with Crippen LogP contribution in [0.3, 0.4) is 0 Å². The van der Waals surface area contributed by atoms with E-state index in [1.54, 1.807) is 51.1 Å². The lowest BCUT2D eigenvalue weighted by atomic mass is 10.2. The van der Waals surface area contributed by atoms with Crippen LogP contribution in [0.4, 0.5) is 17.5 Å². The van der Waals surface area contributed by atoms with E-state index in [2.05, 4.69) is 15.6 Å². The van der Waals surface area contributed by atoms with Gasteiger partial charge in [0.15, 0.2) is 28.5 Å². The van der Waals surface area contributed by atoms with E-state index in [9.17, 15) is 0 Å². The van der Waals surface area contributed by atoms with Crippen molar-refractivity contribution in [3.05, 3.63) is 65.6 Å². The quantitative estimate of drug-likeness (QED) is 0.230. The molecule has 5 aromatic rings. The maximum atomic E-state index is 5.82. The molecule has 0 aliphatic rings. The zero-order valence-electron chi connectivity index (χ0n) is 20.6. The molecule has 5 rings (SSSR count). The van der Waals surface area contributed by atoms with Crippen LogP contribution in [0.2, 0.25) is 0 Å². The minimum Gasteiger partial charge on any atom is -0.493 e. The Morgan fingerprint density at radius 2 is 1.73 bits per heavy atom. The second-order valence-corrected chi connectivity index (χ2v) is 8.57. The second kappa shape index (κ2) is 11.0. The molecule has 0 radical (unpaired) electrons. The van der Waals surface area contributed by atoms with Crippen LogP contribution in [0.1, 0.15) is 0 Å². The van der Waals surface area contributed by atoms with Crippen molar-refractivity contribution in [2.75, 3.05) is 45.1 Å². The molecule has 0 fully saturated rings. The summed E-state index contributed by atoms with van der Waals surface area (Å²) in [5, 5.41) is 10.7. The summed E-state index contributed by atoms with van der Waals surface area (Å²) in [6, 6.07) is 15.3. The summed E-state index contributed by atoms with van der Waals surface area (Å²) in [4.78, 5) is 14.1. The number of methoxy groups -OCH3 is 3. The molecule has 2 N–H and O–H groups in total. The fourth-order valence-electron chi connectivity index (χ4n) is 3.80. The molecule has 37 heavy (non-hydrogen) atoms. The third kappa shape index (κ3) is 5.21. The van der Waals surface area contributed by atoms with Crippen LogP contribution >= 0.6 is 11.3 Å². The van der Waals surface area contributed by atoms with Crippen molar-refractivity contribution in [1.82, 2.24) is 19.5 Å². The highest BCUT2D eigenvalue weighted by Crippen LogP contribution is 2.40. The number of benzene rings is 2. The number of aromatic nitrogens is 4. The predicted molar refractivity (Wildman–Crippen MR) is 144 cm³/mol. The molecule has 3 aromatic heterocycles. The maximum Gasteiger partial charge on any atom is 0.231 e. The normalized spacial score (nSPS) is 10.8. The van der Waals surface area contributed by atoms with Gasteiger partial charge >= 0.3 is 0 Å². The molecule has 3 heterocycles. The lowest BCUT2D eigenvalue weighted by Crippen LogP contribution is -2.13. The van der Waals surface area contributed by atoms with Crippen molar-refractivity contribution >= 4 is 40.0 Å². The Morgan fingerprint density at radius 1 is 0.946 bits per heavy atom. The average Bonchev–Trinajstić information content (AvgIpc) is 3.61. The summed E-state index contributed by atoms with van der Waals surface area (Å²) in [6.07, 6.45) is 1.75. The average molecular weight is 519 g/mol. The lowest BCUT2D eigenvalue weighted by molar-refractivity contribution is 0.324. The molecule has 0 aliphatic heterocycles. The molecule has 0 saturated heterocycles. The Morgan fingerprint density at radius 3 is 2.41 bits per heavy atom. The first-order valence-electron chi connectivity index (χ1n) is 11.5. The third-order valence-electron chi connectivity index (χ3n) is 5.51. The van der Waals surface area contributed by atoms with Crippen LogP contribution in [-0.2, 0) is 0 Å². The summed E-state index contributed by atoms with van der Waals surface area (Å²) in [5.41, 5.74) is 2.97. The smallest absolute Gasteiger partial charge is 0.231 e. The van der Waals surface area contributed by atoms with Gasteiger partial charge in [0.2, 0.25) is 11.7 Å². The van der Waals surface area contributed by atoms with E-state index in [1.807, 2.05) is 51.7 Å². The van der Waals surface area contributed by atoms with E-state index in [-0.39, 0.29) is 0 Å². The van der Waals surface area contributed by atoms with Crippen molar-refractivity contribution in [3.8, 4) is 28.7 Å². The summed E-state index contributed by atoms with van der Waals surface area (Å²) < 4.78 is 24.1.